The molecular formula is C13H19BrN2O. The van der Waals surface area contributed by atoms with Crippen molar-refractivity contribution < 1.29 is 4.79 Å². The van der Waals surface area contributed by atoms with Gasteiger partial charge in [-0.15, -0.1) is 0 Å². The van der Waals surface area contributed by atoms with Crippen LogP contribution < -0.4 is 11.1 Å². The highest BCUT2D eigenvalue weighted by atomic mass is 79.9. The lowest BCUT2D eigenvalue weighted by atomic mass is 10.1. The second kappa shape index (κ2) is 6.77. The predicted molar refractivity (Wildman–Crippen MR) is 73.7 cm³/mol. The van der Waals surface area contributed by atoms with Gasteiger partial charge in [0, 0.05) is 23.0 Å². The van der Waals surface area contributed by atoms with Gasteiger partial charge in [0.2, 0.25) is 5.91 Å². The molecule has 2 atom stereocenters. The van der Waals surface area contributed by atoms with Crippen molar-refractivity contribution in [2.75, 3.05) is 0 Å². The molecule has 3 nitrogen and oxygen atoms in total. The third-order valence-electron chi connectivity index (χ3n) is 2.35. The number of amides is 1. The monoisotopic (exact) mass is 298 g/mol. The fraction of sp³-hybridized carbons (Fsp3) is 0.462. The topological polar surface area (TPSA) is 55.1 Å². The molecule has 1 aromatic rings. The molecule has 1 amide bonds. The van der Waals surface area contributed by atoms with Crippen LogP contribution in [0.1, 0.15) is 25.8 Å². The molecule has 4 heteroatoms. The van der Waals surface area contributed by atoms with Gasteiger partial charge in [-0.25, -0.2) is 0 Å². The van der Waals surface area contributed by atoms with E-state index in [4.69, 9.17) is 5.73 Å². The number of carbonyl (C=O) groups is 1. The summed E-state index contributed by atoms with van der Waals surface area (Å²) in [7, 11) is 0. The van der Waals surface area contributed by atoms with Gasteiger partial charge in [-0.3, -0.25) is 4.79 Å². The Balaban J connectivity index is 2.44. The van der Waals surface area contributed by atoms with Crippen LogP contribution in [-0.2, 0) is 11.2 Å². The molecule has 0 aliphatic heterocycles. The number of carbonyl (C=O) groups excluding carboxylic acids is 1. The minimum Gasteiger partial charge on any atom is -0.353 e. The summed E-state index contributed by atoms with van der Waals surface area (Å²) < 4.78 is 1.06. The zero-order valence-corrected chi connectivity index (χ0v) is 11.8. The van der Waals surface area contributed by atoms with E-state index in [1.807, 2.05) is 26.0 Å². The highest BCUT2D eigenvalue weighted by Gasteiger charge is 2.09. The van der Waals surface area contributed by atoms with E-state index < -0.39 is 0 Å². The molecule has 0 heterocycles. The summed E-state index contributed by atoms with van der Waals surface area (Å²) in [5.41, 5.74) is 6.78. The van der Waals surface area contributed by atoms with Gasteiger partial charge in [0.15, 0.2) is 0 Å². The number of nitrogens with two attached hydrogens (primary N) is 1. The van der Waals surface area contributed by atoms with Crippen molar-refractivity contribution in [1.82, 2.24) is 5.32 Å². The van der Waals surface area contributed by atoms with Crippen molar-refractivity contribution in [3.8, 4) is 0 Å². The number of hydrogen-bond acceptors (Lipinski definition) is 2. The van der Waals surface area contributed by atoms with Crippen molar-refractivity contribution >= 4 is 21.8 Å². The molecule has 0 aromatic heterocycles. The van der Waals surface area contributed by atoms with E-state index in [2.05, 4.69) is 33.4 Å². The smallest absolute Gasteiger partial charge is 0.221 e. The lowest BCUT2D eigenvalue weighted by Crippen LogP contribution is -2.37. The first-order valence-corrected chi connectivity index (χ1v) is 6.56. The summed E-state index contributed by atoms with van der Waals surface area (Å²) in [5, 5.41) is 2.94. The average Bonchev–Trinajstić information content (AvgIpc) is 2.14. The molecule has 0 aliphatic carbocycles. The number of nitrogens with one attached hydrogen (secondary N) is 1. The van der Waals surface area contributed by atoms with Gasteiger partial charge >= 0.3 is 0 Å². The Bertz CT molecular complexity index is 379. The molecule has 94 valence electrons. The van der Waals surface area contributed by atoms with E-state index in [1.165, 1.54) is 5.56 Å². The minimum absolute atomic E-state index is 0.0162. The average molecular weight is 299 g/mol. The van der Waals surface area contributed by atoms with Crippen LogP contribution in [0.25, 0.3) is 0 Å². The first-order chi connectivity index (χ1) is 7.97. The lowest BCUT2D eigenvalue weighted by Gasteiger charge is -2.15. The van der Waals surface area contributed by atoms with Crippen LogP contribution in [0.3, 0.4) is 0 Å². The third kappa shape index (κ3) is 5.84. The van der Waals surface area contributed by atoms with Crippen molar-refractivity contribution in [3.63, 3.8) is 0 Å². The molecule has 0 aliphatic rings. The van der Waals surface area contributed by atoms with E-state index in [0.29, 0.717) is 6.42 Å². The Morgan fingerprint density at radius 3 is 2.76 bits per heavy atom. The highest BCUT2D eigenvalue weighted by molar-refractivity contribution is 9.10. The molecule has 0 radical (unpaired) electrons. The molecular weight excluding hydrogens is 280 g/mol. The zero-order chi connectivity index (χ0) is 12.8. The van der Waals surface area contributed by atoms with Gasteiger partial charge < -0.3 is 11.1 Å². The van der Waals surface area contributed by atoms with Crippen molar-refractivity contribution in [3.05, 3.63) is 34.3 Å². The zero-order valence-electron chi connectivity index (χ0n) is 10.2. The van der Waals surface area contributed by atoms with Crippen molar-refractivity contribution in [2.45, 2.75) is 38.8 Å². The van der Waals surface area contributed by atoms with E-state index in [-0.39, 0.29) is 18.0 Å². The van der Waals surface area contributed by atoms with E-state index in [9.17, 15) is 4.79 Å². The van der Waals surface area contributed by atoms with Gasteiger partial charge in [-0.05, 0) is 38.0 Å². The molecule has 17 heavy (non-hydrogen) atoms. The fourth-order valence-electron chi connectivity index (χ4n) is 1.69. The minimum atomic E-state index is -0.0898. The van der Waals surface area contributed by atoms with Gasteiger partial charge in [-0.1, -0.05) is 28.1 Å². The Kier molecular flexibility index (Phi) is 5.65. The largest absolute Gasteiger partial charge is 0.353 e. The number of hydrogen-bond donors (Lipinski definition) is 2. The fourth-order valence-corrected chi connectivity index (χ4v) is 2.14. The quantitative estimate of drug-likeness (QED) is 0.876. The normalized spacial score (nSPS) is 14.1. The second-order valence-corrected chi connectivity index (χ2v) is 5.40. The molecule has 0 saturated heterocycles. The number of rotatable bonds is 5. The number of benzene rings is 1. The molecule has 0 fully saturated rings. The summed E-state index contributed by atoms with van der Waals surface area (Å²) in [5.74, 6) is 0.0162. The maximum atomic E-state index is 11.5. The van der Waals surface area contributed by atoms with Crippen LogP contribution >= 0.6 is 15.9 Å². The summed E-state index contributed by atoms with van der Waals surface area (Å²) in [6, 6.07) is 8.13. The van der Waals surface area contributed by atoms with Crippen molar-refractivity contribution in [2.24, 2.45) is 5.73 Å². The Morgan fingerprint density at radius 1 is 1.47 bits per heavy atom. The Labute approximate surface area is 111 Å². The maximum Gasteiger partial charge on any atom is 0.221 e. The first kappa shape index (κ1) is 14.2. The van der Waals surface area contributed by atoms with Crippen LogP contribution in [0.2, 0.25) is 0 Å². The SMILES string of the molecule is CC(N)CC(=O)NC(C)Cc1cccc(Br)c1. The number of halogens is 1. The van der Waals surface area contributed by atoms with Gasteiger partial charge in [0.25, 0.3) is 0 Å². The Morgan fingerprint density at radius 2 is 2.18 bits per heavy atom. The van der Waals surface area contributed by atoms with Gasteiger partial charge in [-0.2, -0.15) is 0 Å². The summed E-state index contributed by atoms with van der Waals surface area (Å²) >= 11 is 3.43. The van der Waals surface area contributed by atoms with Crippen LogP contribution in [0.15, 0.2) is 28.7 Å². The lowest BCUT2D eigenvalue weighted by molar-refractivity contribution is -0.121. The van der Waals surface area contributed by atoms with E-state index in [0.717, 1.165) is 10.9 Å². The van der Waals surface area contributed by atoms with Crippen LogP contribution in [0.4, 0.5) is 0 Å². The first-order valence-electron chi connectivity index (χ1n) is 5.76. The summed E-state index contributed by atoms with van der Waals surface area (Å²) in [6.45, 7) is 3.83. The maximum absolute atomic E-state index is 11.5. The predicted octanol–water partition coefficient (Wildman–Crippen LogP) is 2.23. The van der Waals surface area contributed by atoms with E-state index >= 15 is 0 Å². The standard InChI is InChI=1S/C13H19BrN2O/c1-9(15)6-13(17)16-10(2)7-11-4-3-5-12(14)8-11/h3-5,8-10H,6-7,15H2,1-2H3,(H,16,17). The van der Waals surface area contributed by atoms with Crippen LogP contribution in [0.5, 0.6) is 0 Å². The van der Waals surface area contributed by atoms with Gasteiger partial charge in [0.1, 0.15) is 0 Å². The van der Waals surface area contributed by atoms with Crippen LogP contribution in [0, 0.1) is 0 Å². The highest BCUT2D eigenvalue weighted by Crippen LogP contribution is 2.13. The molecule has 3 N–H and O–H groups in total. The Hall–Kier alpha value is -0.870. The molecule has 0 bridgehead atoms. The molecule has 2 unspecified atom stereocenters. The summed E-state index contributed by atoms with van der Waals surface area (Å²) in [6.07, 6.45) is 1.20. The molecule has 0 spiro atoms. The van der Waals surface area contributed by atoms with Gasteiger partial charge in [0.05, 0.1) is 0 Å². The van der Waals surface area contributed by atoms with Crippen LogP contribution in [-0.4, -0.2) is 18.0 Å². The summed E-state index contributed by atoms with van der Waals surface area (Å²) in [4.78, 5) is 11.5. The second-order valence-electron chi connectivity index (χ2n) is 4.48. The van der Waals surface area contributed by atoms with E-state index in [1.54, 1.807) is 0 Å². The molecule has 1 rings (SSSR count). The van der Waals surface area contributed by atoms with Crippen molar-refractivity contribution in [1.29, 1.82) is 0 Å². The molecule has 1 aromatic carbocycles. The third-order valence-corrected chi connectivity index (χ3v) is 2.84. The molecule has 0 saturated carbocycles.